The summed E-state index contributed by atoms with van der Waals surface area (Å²) in [6.45, 7) is 5.60. The highest BCUT2D eigenvalue weighted by Gasteiger charge is 1.98. The van der Waals surface area contributed by atoms with Crippen molar-refractivity contribution >= 4 is 0 Å². The van der Waals surface area contributed by atoms with Gasteiger partial charge in [0.15, 0.2) is 0 Å². The maximum Gasteiger partial charge on any atom is 0.119 e. The molecule has 1 heterocycles. The molecule has 0 unspecified atom stereocenters. The van der Waals surface area contributed by atoms with E-state index in [-0.39, 0.29) is 0 Å². The highest BCUT2D eigenvalue weighted by Crippen LogP contribution is 2.07. The number of hydrogen-bond donors (Lipinski definition) is 1. The van der Waals surface area contributed by atoms with Crippen LogP contribution in [0.2, 0.25) is 0 Å². The number of nitrogens with zero attached hydrogens (tertiary/aromatic N) is 1. The standard InChI is InChI=1S/C15H20N2O/c1-2-17-11-6-7-14(17)13-16-10-12-18-15-8-4-3-5-9-15/h3-9,11,16H,2,10,12-13H2,1H3. The van der Waals surface area contributed by atoms with Crippen LogP contribution in [0.15, 0.2) is 48.7 Å². The monoisotopic (exact) mass is 244 g/mol. The molecule has 0 spiro atoms. The lowest BCUT2D eigenvalue weighted by molar-refractivity contribution is 0.313. The summed E-state index contributed by atoms with van der Waals surface area (Å²) >= 11 is 0. The number of para-hydroxylation sites is 1. The summed E-state index contributed by atoms with van der Waals surface area (Å²) < 4.78 is 7.85. The van der Waals surface area contributed by atoms with E-state index in [1.165, 1.54) is 5.69 Å². The zero-order chi connectivity index (χ0) is 12.6. The summed E-state index contributed by atoms with van der Waals surface area (Å²) in [6, 6.07) is 14.1. The number of hydrogen-bond acceptors (Lipinski definition) is 2. The molecule has 1 aromatic heterocycles. The van der Waals surface area contributed by atoms with E-state index < -0.39 is 0 Å². The molecule has 0 aliphatic carbocycles. The van der Waals surface area contributed by atoms with Crippen molar-refractivity contribution in [1.82, 2.24) is 9.88 Å². The van der Waals surface area contributed by atoms with Gasteiger partial charge in [-0.1, -0.05) is 18.2 Å². The topological polar surface area (TPSA) is 26.2 Å². The van der Waals surface area contributed by atoms with Crippen molar-refractivity contribution in [3.63, 3.8) is 0 Å². The van der Waals surface area contributed by atoms with E-state index in [1.54, 1.807) is 0 Å². The largest absolute Gasteiger partial charge is 0.492 e. The third-order valence-electron chi connectivity index (χ3n) is 2.86. The van der Waals surface area contributed by atoms with Gasteiger partial charge in [0.2, 0.25) is 0 Å². The minimum Gasteiger partial charge on any atom is -0.492 e. The number of nitrogens with one attached hydrogen (secondary N) is 1. The van der Waals surface area contributed by atoms with Gasteiger partial charge in [-0.05, 0) is 31.2 Å². The second-order valence-electron chi connectivity index (χ2n) is 4.12. The predicted octanol–water partition coefficient (Wildman–Crippen LogP) is 2.68. The molecule has 3 nitrogen and oxygen atoms in total. The Labute approximate surface area is 108 Å². The van der Waals surface area contributed by atoms with Gasteiger partial charge >= 0.3 is 0 Å². The summed E-state index contributed by atoms with van der Waals surface area (Å²) in [5, 5.41) is 3.39. The first-order chi connectivity index (χ1) is 8.90. The van der Waals surface area contributed by atoms with Crippen molar-refractivity contribution in [3.05, 3.63) is 54.4 Å². The molecule has 0 amide bonds. The highest BCUT2D eigenvalue weighted by atomic mass is 16.5. The molecule has 1 aromatic carbocycles. The van der Waals surface area contributed by atoms with E-state index >= 15 is 0 Å². The van der Waals surface area contributed by atoms with Crippen LogP contribution in [-0.4, -0.2) is 17.7 Å². The fraction of sp³-hybridized carbons (Fsp3) is 0.333. The third-order valence-corrected chi connectivity index (χ3v) is 2.86. The van der Waals surface area contributed by atoms with E-state index in [0.717, 1.165) is 25.4 Å². The quantitative estimate of drug-likeness (QED) is 0.758. The van der Waals surface area contributed by atoms with Gasteiger partial charge in [0.1, 0.15) is 12.4 Å². The van der Waals surface area contributed by atoms with Crippen molar-refractivity contribution < 1.29 is 4.74 Å². The molecule has 0 saturated heterocycles. The summed E-state index contributed by atoms with van der Waals surface area (Å²) in [4.78, 5) is 0. The van der Waals surface area contributed by atoms with Crippen LogP contribution in [0.3, 0.4) is 0 Å². The van der Waals surface area contributed by atoms with Crippen molar-refractivity contribution in [1.29, 1.82) is 0 Å². The first-order valence-electron chi connectivity index (χ1n) is 6.42. The average molecular weight is 244 g/mol. The van der Waals surface area contributed by atoms with E-state index in [1.807, 2.05) is 30.3 Å². The Kier molecular flexibility index (Phi) is 4.85. The lowest BCUT2D eigenvalue weighted by Crippen LogP contribution is -2.22. The van der Waals surface area contributed by atoms with Gasteiger partial charge in [-0.2, -0.15) is 0 Å². The molecule has 0 bridgehead atoms. The Morgan fingerprint density at radius 3 is 2.72 bits per heavy atom. The third kappa shape index (κ3) is 3.64. The maximum absolute atomic E-state index is 5.61. The van der Waals surface area contributed by atoms with Crippen LogP contribution in [0.25, 0.3) is 0 Å². The predicted molar refractivity (Wildman–Crippen MR) is 73.7 cm³/mol. The summed E-state index contributed by atoms with van der Waals surface area (Å²) in [6.07, 6.45) is 2.11. The first kappa shape index (κ1) is 12.7. The van der Waals surface area contributed by atoms with E-state index in [4.69, 9.17) is 4.74 Å². The van der Waals surface area contributed by atoms with Crippen LogP contribution in [0.4, 0.5) is 0 Å². The molecule has 0 radical (unpaired) electrons. The van der Waals surface area contributed by atoms with E-state index in [9.17, 15) is 0 Å². The van der Waals surface area contributed by atoms with Gasteiger partial charge in [0, 0.05) is 31.5 Å². The van der Waals surface area contributed by atoms with Crippen LogP contribution >= 0.6 is 0 Å². The van der Waals surface area contributed by atoms with Gasteiger partial charge in [-0.15, -0.1) is 0 Å². The van der Waals surface area contributed by atoms with Crippen LogP contribution in [0, 0.1) is 0 Å². The molecule has 0 aliphatic rings. The molecule has 0 atom stereocenters. The SMILES string of the molecule is CCn1cccc1CNCCOc1ccccc1. The Hall–Kier alpha value is -1.74. The molecule has 3 heteroatoms. The first-order valence-corrected chi connectivity index (χ1v) is 6.42. The normalized spacial score (nSPS) is 10.5. The minimum absolute atomic E-state index is 0.691. The number of ether oxygens (including phenoxy) is 1. The van der Waals surface area contributed by atoms with Crippen molar-refractivity contribution in [2.75, 3.05) is 13.2 Å². The van der Waals surface area contributed by atoms with E-state index in [0.29, 0.717) is 6.61 Å². The number of rotatable bonds is 7. The Morgan fingerprint density at radius 1 is 1.11 bits per heavy atom. The Balaban J connectivity index is 1.65. The van der Waals surface area contributed by atoms with Crippen LogP contribution in [0.1, 0.15) is 12.6 Å². The van der Waals surface area contributed by atoms with E-state index in [2.05, 4.69) is 35.1 Å². The second kappa shape index (κ2) is 6.87. The van der Waals surface area contributed by atoms with Crippen LogP contribution < -0.4 is 10.1 Å². The fourth-order valence-electron chi connectivity index (χ4n) is 1.89. The highest BCUT2D eigenvalue weighted by molar-refractivity contribution is 5.20. The molecule has 2 aromatic rings. The fourth-order valence-corrected chi connectivity index (χ4v) is 1.89. The Morgan fingerprint density at radius 2 is 1.94 bits per heavy atom. The molecule has 96 valence electrons. The summed E-state index contributed by atoms with van der Waals surface area (Å²) in [5.41, 5.74) is 1.32. The van der Waals surface area contributed by atoms with Gasteiger partial charge in [-0.3, -0.25) is 0 Å². The summed E-state index contributed by atoms with van der Waals surface area (Å²) in [5.74, 6) is 0.927. The zero-order valence-corrected chi connectivity index (χ0v) is 10.8. The number of aromatic nitrogens is 1. The average Bonchev–Trinajstić information content (AvgIpc) is 2.87. The number of aryl methyl sites for hydroxylation is 1. The molecule has 2 rings (SSSR count). The lowest BCUT2D eigenvalue weighted by Gasteiger charge is -2.09. The molecule has 0 fully saturated rings. The van der Waals surface area contributed by atoms with Gasteiger partial charge in [0.25, 0.3) is 0 Å². The molecule has 0 aliphatic heterocycles. The van der Waals surface area contributed by atoms with Crippen molar-refractivity contribution in [2.24, 2.45) is 0 Å². The second-order valence-corrected chi connectivity index (χ2v) is 4.12. The molecular formula is C15H20N2O. The Bertz CT molecular complexity index is 451. The molecule has 0 saturated carbocycles. The minimum atomic E-state index is 0.691. The van der Waals surface area contributed by atoms with Crippen LogP contribution in [-0.2, 0) is 13.1 Å². The van der Waals surface area contributed by atoms with Gasteiger partial charge in [-0.25, -0.2) is 0 Å². The molecule has 1 N–H and O–H groups in total. The summed E-state index contributed by atoms with van der Waals surface area (Å²) in [7, 11) is 0. The molecular weight excluding hydrogens is 224 g/mol. The number of benzene rings is 1. The van der Waals surface area contributed by atoms with Crippen molar-refractivity contribution in [3.8, 4) is 5.75 Å². The van der Waals surface area contributed by atoms with Crippen molar-refractivity contribution in [2.45, 2.75) is 20.0 Å². The van der Waals surface area contributed by atoms with Crippen LogP contribution in [0.5, 0.6) is 5.75 Å². The molecule has 18 heavy (non-hydrogen) atoms. The smallest absolute Gasteiger partial charge is 0.119 e. The zero-order valence-electron chi connectivity index (χ0n) is 10.8. The maximum atomic E-state index is 5.61. The van der Waals surface area contributed by atoms with Gasteiger partial charge in [0.05, 0.1) is 0 Å². The lowest BCUT2D eigenvalue weighted by atomic mass is 10.3. The van der Waals surface area contributed by atoms with Gasteiger partial charge < -0.3 is 14.6 Å².